The van der Waals surface area contributed by atoms with Crippen LogP contribution in [0.5, 0.6) is 5.75 Å². The molecule has 2 aromatic carbocycles. The second-order valence-electron chi connectivity index (χ2n) is 10.4. The van der Waals surface area contributed by atoms with Gasteiger partial charge < -0.3 is 9.30 Å². The minimum atomic E-state index is -1.99. The molecule has 0 fully saturated rings. The summed E-state index contributed by atoms with van der Waals surface area (Å²) in [6, 6.07) is 19.7. The number of ether oxygens (including phenoxy) is 1. The molecule has 1 atom stereocenters. The van der Waals surface area contributed by atoms with E-state index in [4.69, 9.17) is 4.74 Å². The highest BCUT2D eigenvalue weighted by atomic mass is 28.3. The molecule has 0 spiro atoms. The first-order chi connectivity index (χ1) is 15.2. The molecule has 2 nitrogen and oxygen atoms in total. The fourth-order valence-electron chi connectivity index (χ4n) is 5.26. The van der Waals surface area contributed by atoms with Crippen molar-refractivity contribution >= 4 is 19.3 Å². The molecule has 0 radical (unpaired) electrons. The van der Waals surface area contributed by atoms with Gasteiger partial charge in [0.25, 0.3) is 0 Å². The molecule has 3 aromatic rings. The Kier molecular flexibility index (Phi) is 5.81. The molecule has 3 heteroatoms. The minimum absolute atomic E-state index is 0.0132. The fraction of sp³-hybridized carbons (Fsp3) is 0.310. The van der Waals surface area contributed by atoms with Crippen molar-refractivity contribution in [3.8, 4) is 11.4 Å². The van der Waals surface area contributed by atoms with Crippen LogP contribution in [0.3, 0.4) is 0 Å². The van der Waals surface area contributed by atoms with Gasteiger partial charge in [0.2, 0.25) is 0 Å². The van der Waals surface area contributed by atoms with Crippen molar-refractivity contribution in [2.45, 2.75) is 51.7 Å². The van der Waals surface area contributed by atoms with Gasteiger partial charge in [0.15, 0.2) is 0 Å². The molecule has 0 saturated carbocycles. The second-order valence-corrected chi connectivity index (χ2v) is 15.0. The monoisotopic (exact) mass is 441 g/mol. The Bertz CT molecular complexity index is 1160. The van der Waals surface area contributed by atoms with Gasteiger partial charge in [-0.15, -0.1) is 0 Å². The van der Waals surface area contributed by atoms with Crippen LogP contribution in [0, 0.1) is 0 Å². The lowest BCUT2D eigenvalue weighted by molar-refractivity contribution is 0.354. The number of hydrogen-bond acceptors (Lipinski definition) is 1. The second kappa shape index (κ2) is 8.29. The summed E-state index contributed by atoms with van der Waals surface area (Å²) in [6.07, 6.45) is 6.46. The number of para-hydroxylation sites is 2. The van der Waals surface area contributed by atoms with Gasteiger partial charge in [-0.3, -0.25) is 0 Å². The van der Waals surface area contributed by atoms with Crippen LogP contribution in [-0.4, -0.2) is 19.2 Å². The first-order valence-electron chi connectivity index (χ1n) is 11.5. The number of allylic oxidation sites excluding steroid dienone is 1. The first-order valence-corrected chi connectivity index (χ1v) is 14.6. The van der Waals surface area contributed by atoms with E-state index in [-0.39, 0.29) is 5.41 Å². The Morgan fingerprint density at radius 2 is 1.75 bits per heavy atom. The normalized spacial score (nSPS) is 15.9. The van der Waals surface area contributed by atoms with E-state index in [1.807, 2.05) is 6.08 Å². The van der Waals surface area contributed by atoms with Gasteiger partial charge in [-0.1, -0.05) is 88.5 Å². The van der Waals surface area contributed by atoms with Gasteiger partial charge >= 0.3 is 0 Å². The van der Waals surface area contributed by atoms with Crippen LogP contribution in [0.4, 0.5) is 0 Å². The van der Waals surface area contributed by atoms with Crippen molar-refractivity contribution in [3.05, 3.63) is 95.8 Å². The van der Waals surface area contributed by atoms with Gasteiger partial charge in [0.1, 0.15) is 12.4 Å². The summed E-state index contributed by atoms with van der Waals surface area (Å²) in [5, 5.41) is 1.39. The zero-order valence-electron chi connectivity index (χ0n) is 20.3. The Morgan fingerprint density at radius 1 is 1.03 bits per heavy atom. The van der Waals surface area contributed by atoms with Crippen molar-refractivity contribution in [3.63, 3.8) is 0 Å². The van der Waals surface area contributed by atoms with Crippen LogP contribution in [-0.2, 0) is 5.41 Å². The third kappa shape index (κ3) is 3.79. The first kappa shape index (κ1) is 22.4. The zero-order valence-corrected chi connectivity index (χ0v) is 21.3. The summed E-state index contributed by atoms with van der Waals surface area (Å²) < 4.78 is 8.70. The SMILES string of the molecule is C=CCOc1c(C(C)(C)C)cccc1[Si](C)(C)C1C(C)=Cc2c1ccn2-c1ccccc1. The van der Waals surface area contributed by atoms with Crippen LogP contribution in [0.1, 0.15) is 50.1 Å². The minimum Gasteiger partial charge on any atom is -0.489 e. The lowest BCUT2D eigenvalue weighted by Crippen LogP contribution is -2.49. The van der Waals surface area contributed by atoms with Crippen molar-refractivity contribution in [1.82, 2.24) is 4.57 Å². The number of rotatable bonds is 6. The molecule has 1 unspecified atom stereocenters. The van der Waals surface area contributed by atoms with Gasteiger partial charge in [-0.2, -0.15) is 0 Å². The zero-order chi connectivity index (χ0) is 23.1. The molecule has 0 aliphatic heterocycles. The lowest BCUT2D eigenvalue weighted by atomic mass is 9.86. The van der Waals surface area contributed by atoms with Crippen LogP contribution < -0.4 is 9.92 Å². The van der Waals surface area contributed by atoms with E-state index in [0.29, 0.717) is 12.1 Å². The lowest BCUT2D eigenvalue weighted by Gasteiger charge is -2.35. The van der Waals surface area contributed by atoms with Gasteiger partial charge in [0.05, 0.1) is 8.07 Å². The molecular formula is C29H35NOSi. The van der Waals surface area contributed by atoms with E-state index in [2.05, 4.69) is 119 Å². The van der Waals surface area contributed by atoms with Gasteiger partial charge in [0, 0.05) is 23.1 Å². The Morgan fingerprint density at radius 3 is 2.41 bits per heavy atom. The molecule has 1 aliphatic carbocycles. The van der Waals surface area contributed by atoms with Crippen molar-refractivity contribution in [2.75, 3.05) is 6.61 Å². The van der Waals surface area contributed by atoms with Crippen LogP contribution in [0.2, 0.25) is 13.1 Å². The van der Waals surface area contributed by atoms with Crippen molar-refractivity contribution in [1.29, 1.82) is 0 Å². The summed E-state index contributed by atoms with van der Waals surface area (Å²) in [5.41, 5.74) is 7.14. The highest BCUT2D eigenvalue weighted by Crippen LogP contribution is 2.44. The van der Waals surface area contributed by atoms with Crippen molar-refractivity contribution < 1.29 is 4.74 Å². The van der Waals surface area contributed by atoms with E-state index in [1.54, 1.807) is 0 Å². The standard InChI is InChI=1S/C29H35NOSi/c1-8-19-31-27-24(29(3,4)5)15-12-16-26(27)32(6,7)28-21(2)20-25-23(28)17-18-30(25)22-13-10-9-11-14-22/h8-18,20,28H,1,19H2,2-7H3. The van der Waals surface area contributed by atoms with E-state index >= 15 is 0 Å². The third-order valence-electron chi connectivity index (χ3n) is 6.71. The molecule has 4 rings (SSSR count). The van der Waals surface area contributed by atoms with Gasteiger partial charge in [-0.25, -0.2) is 0 Å². The molecule has 1 aliphatic rings. The maximum atomic E-state index is 6.38. The third-order valence-corrected chi connectivity index (χ3v) is 10.7. The number of aromatic nitrogens is 1. The van der Waals surface area contributed by atoms with E-state index in [1.165, 1.54) is 33.3 Å². The Hall–Kier alpha value is -2.78. The summed E-state index contributed by atoms with van der Waals surface area (Å²) in [5.74, 6) is 1.07. The molecule has 0 amide bonds. The van der Waals surface area contributed by atoms with Gasteiger partial charge in [-0.05, 0) is 52.9 Å². The highest BCUT2D eigenvalue weighted by Gasteiger charge is 2.43. The predicted molar refractivity (Wildman–Crippen MR) is 140 cm³/mol. The largest absolute Gasteiger partial charge is 0.489 e. The molecule has 32 heavy (non-hydrogen) atoms. The summed E-state index contributed by atoms with van der Waals surface area (Å²) in [7, 11) is -1.99. The number of hydrogen-bond donors (Lipinski definition) is 0. The summed E-state index contributed by atoms with van der Waals surface area (Å²) in [6.45, 7) is 18.5. The van der Waals surface area contributed by atoms with E-state index < -0.39 is 8.07 Å². The number of fused-ring (bicyclic) bond motifs is 1. The molecular weight excluding hydrogens is 406 g/mol. The Balaban J connectivity index is 1.84. The van der Waals surface area contributed by atoms with E-state index in [9.17, 15) is 0 Å². The van der Waals surface area contributed by atoms with Crippen LogP contribution >= 0.6 is 0 Å². The van der Waals surface area contributed by atoms with Crippen LogP contribution in [0.25, 0.3) is 11.8 Å². The molecule has 0 N–H and O–H groups in total. The highest BCUT2D eigenvalue weighted by molar-refractivity contribution is 6.92. The van der Waals surface area contributed by atoms with Crippen LogP contribution in [0.15, 0.2) is 79.0 Å². The topological polar surface area (TPSA) is 14.2 Å². The maximum absolute atomic E-state index is 6.38. The average molecular weight is 442 g/mol. The van der Waals surface area contributed by atoms with E-state index in [0.717, 1.165) is 5.75 Å². The molecule has 166 valence electrons. The molecule has 1 aromatic heterocycles. The van der Waals surface area contributed by atoms with Crippen molar-refractivity contribution in [2.24, 2.45) is 0 Å². The maximum Gasteiger partial charge on any atom is 0.122 e. The average Bonchev–Trinajstić information content (AvgIpc) is 3.29. The number of nitrogens with zero attached hydrogens (tertiary/aromatic N) is 1. The Labute approximate surface area is 194 Å². The summed E-state index contributed by atoms with van der Waals surface area (Å²) in [4.78, 5) is 0. The predicted octanol–water partition coefficient (Wildman–Crippen LogP) is 6.99. The summed E-state index contributed by atoms with van der Waals surface area (Å²) >= 11 is 0. The molecule has 0 bridgehead atoms. The quantitative estimate of drug-likeness (QED) is 0.297. The molecule has 1 heterocycles. The smallest absolute Gasteiger partial charge is 0.122 e. The fourth-order valence-corrected chi connectivity index (χ4v) is 9.13. The molecule has 0 saturated heterocycles. The number of benzene rings is 2.